The molecule has 127 heavy (non-hydrogen) atoms. The fraction of sp³-hybridized carbons (Fsp3) is 0.783. The number of esters is 9. The second-order valence-corrected chi connectivity index (χ2v) is 32.9. The van der Waals surface area contributed by atoms with Crippen LogP contribution >= 0.6 is 8.53 Å². The van der Waals surface area contributed by atoms with Crippen molar-refractivity contribution in [2.24, 2.45) is 11.8 Å². The van der Waals surface area contributed by atoms with Gasteiger partial charge in [0.2, 0.25) is 41.4 Å². The number of carbonyl (C=O) groups excluding carboxylic acids is 16. The van der Waals surface area contributed by atoms with Crippen LogP contribution in [0.25, 0.3) is 0 Å². The number of amides is 7. The van der Waals surface area contributed by atoms with E-state index in [0.717, 1.165) is 55.4 Å². The summed E-state index contributed by atoms with van der Waals surface area (Å²) in [6.07, 6.45) is -6.98. The number of rotatable bonds is 56. The highest BCUT2D eigenvalue weighted by molar-refractivity contribution is 7.44. The molecule has 0 aromatic rings. The fourth-order valence-electron chi connectivity index (χ4n) is 14.8. The van der Waals surface area contributed by atoms with Gasteiger partial charge in [0.25, 0.3) is 8.53 Å². The van der Waals surface area contributed by atoms with Gasteiger partial charge >= 0.3 is 53.7 Å². The second-order valence-electron chi connectivity index (χ2n) is 31.4. The third kappa shape index (κ3) is 42.5. The van der Waals surface area contributed by atoms with Gasteiger partial charge in [-0.25, -0.2) is 4.67 Å². The minimum atomic E-state index is -1.55. The van der Waals surface area contributed by atoms with E-state index < -0.39 is 220 Å². The van der Waals surface area contributed by atoms with E-state index >= 15 is 4.79 Å². The Kier molecular flexibility index (Phi) is 50.9. The summed E-state index contributed by atoms with van der Waals surface area (Å²) in [4.78, 5) is 205. The van der Waals surface area contributed by atoms with Crippen molar-refractivity contribution < 1.29 is 166 Å². The highest BCUT2D eigenvalue weighted by atomic mass is 31.2. The van der Waals surface area contributed by atoms with Gasteiger partial charge in [-0.3, -0.25) is 76.7 Å². The first kappa shape index (κ1) is 110. The summed E-state index contributed by atoms with van der Waals surface area (Å²) in [6.45, 7) is 19.9. The van der Waals surface area contributed by atoms with Crippen LogP contribution in [-0.4, -0.2) is 315 Å². The van der Waals surface area contributed by atoms with E-state index in [0.29, 0.717) is 45.1 Å². The quantitative estimate of drug-likeness (QED) is 0.0149. The zero-order valence-electron chi connectivity index (χ0n) is 75.7. The number of unbranched alkanes of at least 4 members (excludes halogenated alkanes) is 1. The van der Waals surface area contributed by atoms with E-state index in [2.05, 4.69) is 75.5 Å². The number of nitrogens with one attached hydrogen (secondary N) is 7. The van der Waals surface area contributed by atoms with Gasteiger partial charge in [0.15, 0.2) is 43.1 Å². The van der Waals surface area contributed by atoms with Crippen LogP contribution in [0.2, 0.25) is 0 Å². The van der Waals surface area contributed by atoms with Crippen LogP contribution in [0.4, 0.5) is 0 Å². The van der Waals surface area contributed by atoms with Crippen molar-refractivity contribution in [3.8, 4) is 12.3 Å². The third-order valence-electron chi connectivity index (χ3n) is 20.1. The average molecular weight is 1830 g/mol. The summed E-state index contributed by atoms with van der Waals surface area (Å²) in [5.41, 5.74) is -1.44. The van der Waals surface area contributed by atoms with Gasteiger partial charge in [-0.2, -0.15) is 0 Å². The Hall–Kier alpha value is -8.93. The zero-order valence-corrected chi connectivity index (χ0v) is 76.6. The zero-order chi connectivity index (χ0) is 94.5. The molecule has 0 aromatic heterocycles. The molecular weight excluding hydrogens is 1700 g/mol. The van der Waals surface area contributed by atoms with Crippen LogP contribution < -0.4 is 37.2 Å². The predicted octanol–water partition coefficient (Wildman–Crippen LogP) is 1.61. The van der Waals surface area contributed by atoms with E-state index in [4.69, 9.17) is 96.0 Å². The normalized spacial score (nSPS) is 24.6. The maximum atomic E-state index is 15.1. The van der Waals surface area contributed by atoms with Gasteiger partial charge in [0.05, 0.1) is 90.9 Å². The Labute approximate surface area is 742 Å². The Morgan fingerprint density at radius 1 is 0.433 bits per heavy atom. The molecule has 16 unspecified atom stereocenters. The molecule has 0 bridgehead atoms. The number of carbonyl (C=O) groups is 16. The summed E-state index contributed by atoms with van der Waals surface area (Å²) < 4.78 is 112. The topological polar surface area (TPSA) is 536 Å². The molecule has 2 aliphatic heterocycles. The summed E-state index contributed by atoms with van der Waals surface area (Å²) in [7, 11) is -1.55. The average Bonchev–Trinajstić information content (AvgIpc) is 0.779. The first-order valence-corrected chi connectivity index (χ1v) is 43.8. The van der Waals surface area contributed by atoms with Gasteiger partial charge in [-0.15, -0.1) is 12.3 Å². The number of ether oxygens (including phenoxy) is 17. The molecule has 2 aliphatic carbocycles. The minimum absolute atomic E-state index is 0.0424. The number of hydrogen-bond donors (Lipinski definition) is 7. The summed E-state index contributed by atoms with van der Waals surface area (Å²) in [6, 6.07) is -3.42. The first-order chi connectivity index (χ1) is 60.1. The van der Waals surface area contributed by atoms with Crippen molar-refractivity contribution in [3.63, 3.8) is 0 Å². The van der Waals surface area contributed by atoms with E-state index in [9.17, 15) is 71.9 Å². The summed E-state index contributed by atoms with van der Waals surface area (Å²) >= 11 is 0. The van der Waals surface area contributed by atoms with Crippen molar-refractivity contribution in [2.75, 3.05) is 106 Å². The Balaban J connectivity index is 1.60. The molecule has 43 nitrogen and oxygen atoms in total. The molecule has 2 saturated carbocycles. The lowest BCUT2D eigenvalue weighted by Crippen LogP contribution is -2.66. The maximum Gasteiger partial charge on any atom is 0.303 e. The van der Waals surface area contributed by atoms with E-state index in [1.54, 1.807) is 0 Å². The lowest BCUT2D eigenvalue weighted by molar-refractivity contribution is -0.279. The molecular formula is C83H133N8O35P. The predicted molar refractivity (Wildman–Crippen MR) is 443 cm³/mol. The highest BCUT2D eigenvalue weighted by Crippen LogP contribution is 2.49. The third-order valence-corrected chi connectivity index (χ3v) is 22.2. The Bertz CT molecular complexity index is 3300. The lowest BCUT2D eigenvalue weighted by atomic mass is 9.79. The Morgan fingerprint density at radius 3 is 1.17 bits per heavy atom. The summed E-state index contributed by atoms with van der Waals surface area (Å²) in [5.74, 6) is -9.04. The van der Waals surface area contributed by atoms with Crippen molar-refractivity contribution in [1.29, 1.82) is 0 Å². The van der Waals surface area contributed by atoms with Gasteiger partial charge < -0.3 is 127 Å². The molecule has 0 radical (unpaired) electrons. The van der Waals surface area contributed by atoms with E-state index in [1.165, 1.54) is 27.7 Å². The molecule has 7 N–H and O–H groups in total. The van der Waals surface area contributed by atoms with Gasteiger partial charge in [-0.1, -0.05) is 0 Å². The highest BCUT2D eigenvalue weighted by Gasteiger charge is 2.55. The molecule has 16 atom stereocenters. The molecule has 0 spiro atoms. The van der Waals surface area contributed by atoms with Crippen LogP contribution in [-0.2, 0) is 166 Å². The molecule has 4 fully saturated rings. The van der Waals surface area contributed by atoms with Crippen LogP contribution in [0.15, 0.2) is 0 Å². The van der Waals surface area contributed by atoms with Crippen LogP contribution in [0.3, 0.4) is 0 Å². The monoisotopic (exact) mass is 1830 g/mol. The maximum absolute atomic E-state index is 15.1. The van der Waals surface area contributed by atoms with Gasteiger partial charge in [0, 0.05) is 158 Å². The molecule has 7 amide bonds. The second kappa shape index (κ2) is 58.6. The molecule has 4 aliphatic rings. The minimum Gasteiger partial charge on any atom is -0.465 e. The molecule has 4 rings (SSSR count). The number of terminal acetylenes is 1. The fourth-order valence-corrected chi connectivity index (χ4v) is 16.6. The molecule has 2 heterocycles. The number of hydrogen-bond acceptors (Lipinski definition) is 36. The molecule has 720 valence electrons. The molecule has 2 saturated heterocycles. The first-order valence-electron chi connectivity index (χ1n) is 42.7. The van der Waals surface area contributed by atoms with Crippen LogP contribution in [0, 0.1) is 24.2 Å². The molecule has 0 aromatic carbocycles. The van der Waals surface area contributed by atoms with Crippen LogP contribution in [0.1, 0.15) is 194 Å². The van der Waals surface area contributed by atoms with Crippen molar-refractivity contribution in [1.82, 2.24) is 41.9 Å². The Morgan fingerprint density at radius 2 is 0.795 bits per heavy atom. The standard InChI is InChI=1S/C83H133N8O35P/c1-18-19-20-34-117-127(91(48(2)3)49(4)5)126-64-23-21-62(22-24-64)80(107)90-83(28-25-68(104)84-31-35-108-38-41-111-65-44-63(45-114-53(9)95)74(118-56(12)98)77(121-59(15)101)71(65)87-50(6)92,29-26-69(105)85-32-36-109-39-42-112-81-72(88-51(7)93)78(122-60(16)102)75(119-57(13)99)66(124-81)46-115-54(10)96)30-27-70(106)86-33-37-110-40-43-113-82-73(89-52(8)94)79(123-61(17)103)76(120-58(14)100)67(125-82)47-116-55(11)97/h1,48-49,62-67,71-79,81-82H,19-47H2,2-17H3,(H,84,104)(H,85,105)(H,86,106)(H,87,92)(H,88,93)(H,89,94)(H,90,107). The van der Waals surface area contributed by atoms with E-state index in [-0.39, 0.29) is 149 Å². The van der Waals surface area contributed by atoms with Gasteiger partial charge in [0.1, 0.15) is 43.6 Å². The smallest absolute Gasteiger partial charge is 0.303 e. The summed E-state index contributed by atoms with van der Waals surface area (Å²) in [5, 5.41) is 19.7. The SMILES string of the molecule is C#CCCCOP(OC1CCC(C(=O)NC(CCC(=O)NCCOCCOC2CC(COC(C)=O)C(OC(C)=O)C(OC(C)=O)C2NC(C)=O)(CCC(=O)NCCOCCOC2OC(COC(C)=O)C(OC(C)=O)C(OC(C)=O)C2NC(C)=O)CCC(=O)NCCOCCOC2OC(COC(C)=O)C(OC(C)=O)C(OC(C)=O)C2NC(C)=O)CC1)N(C(C)C)C(C)C. The van der Waals surface area contributed by atoms with E-state index in [1.807, 2.05) is 0 Å². The largest absolute Gasteiger partial charge is 0.465 e. The van der Waals surface area contributed by atoms with Crippen molar-refractivity contribution in [2.45, 2.75) is 304 Å². The van der Waals surface area contributed by atoms with Crippen LogP contribution in [0.5, 0.6) is 0 Å². The van der Waals surface area contributed by atoms with Crippen molar-refractivity contribution >= 4 is 104 Å². The van der Waals surface area contributed by atoms with Gasteiger partial charge in [-0.05, 0) is 85.5 Å². The number of nitrogens with zero attached hydrogens (tertiary/aromatic N) is 1. The van der Waals surface area contributed by atoms with Crippen molar-refractivity contribution in [3.05, 3.63) is 0 Å². The lowest BCUT2D eigenvalue weighted by Gasteiger charge is -2.45. The molecule has 44 heteroatoms.